The van der Waals surface area contributed by atoms with Crippen LogP contribution in [0.25, 0.3) is 0 Å². The zero-order chi connectivity index (χ0) is 17.5. The van der Waals surface area contributed by atoms with E-state index in [1.54, 1.807) is 14.2 Å². The van der Waals surface area contributed by atoms with Crippen molar-refractivity contribution in [2.24, 2.45) is 5.92 Å². The molecule has 0 saturated carbocycles. The van der Waals surface area contributed by atoms with Gasteiger partial charge in [0.05, 0.1) is 14.2 Å². The van der Waals surface area contributed by atoms with Crippen LogP contribution in [0.1, 0.15) is 50.4 Å². The molecule has 2 aromatic rings. The fourth-order valence-electron chi connectivity index (χ4n) is 3.01. The van der Waals surface area contributed by atoms with E-state index in [1.165, 1.54) is 5.56 Å². The zero-order valence-electron chi connectivity index (χ0n) is 15.4. The van der Waals surface area contributed by atoms with Gasteiger partial charge in [0.2, 0.25) is 0 Å². The van der Waals surface area contributed by atoms with Gasteiger partial charge in [-0.05, 0) is 43.0 Å². The Morgan fingerprint density at radius 3 is 2.21 bits per heavy atom. The van der Waals surface area contributed by atoms with E-state index >= 15 is 0 Å². The predicted octanol–water partition coefficient (Wildman–Crippen LogP) is 5.14. The van der Waals surface area contributed by atoms with Crippen LogP contribution in [0.5, 0.6) is 11.5 Å². The molecule has 24 heavy (non-hydrogen) atoms. The molecule has 0 aliphatic carbocycles. The summed E-state index contributed by atoms with van der Waals surface area (Å²) in [4.78, 5) is 0. The van der Waals surface area contributed by atoms with E-state index in [4.69, 9.17) is 9.47 Å². The summed E-state index contributed by atoms with van der Waals surface area (Å²) < 4.78 is 11.0. The average Bonchev–Trinajstić information content (AvgIpc) is 2.60. The molecule has 3 heteroatoms. The summed E-state index contributed by atoms with van der Waals surface area (Å²) in [5.41, 5.74) is 2.43. The minimum Gasteiger partial charge on any atom is -0.497 e. The third-order valence-corrected chi connectivity index (χ3v) is 4.27. The number of hydrogen-bond donors (Lipinski definition) is 1. The lowest BCUT2D eigenvalue weighted by Gasteiger charge is -2.27. The minimum absolute atomic E-state index is 0.199. The number of methoxy groups -OCH3 is 2. The lowest BCUT2D eigenvalue weighted by atomic mass is 9.94. The van der Waals surface area contributed by atoms with Gasteiger partial charge in [0, 0.05) is 17.6 Å². The van der Waals surface area contributed by atoms with E-state index in [2.05, 4.69) is 56.4 Å². The quantitative estimate of drug-likeness (QED) is 0.728. The van der Waals surface area contributed by atoms with Crippen molar-refractivity contribution < 1.29 is 9.47 Å². The second kappa shape index (κ2) is 8.74. The fourth-order valence-corrected chi connectivity index (χ4v) is 3.01. The Labute approximate surface area is 146 Å². The molecule has 2 aromatic carbocycles. The van der Waals surface area contributed by atoms with E-state index in [0.29, 0.717) is 5.92 Å². The lowest BCUT2D eigenvalue weighted by Crippen LogP contribution is -2.26. The smallest absolute Gasteiger partial charge is 0.123 e. The summed E-state index contributed by atoms with van der Waals surface area (Å²) in [6.07, 6.45) is 1.03. The van der Waals surface area contributed by atoms with E-state index in [0.717, 1.165) is 23.5 Å². The molecule has 0 heterocycles. The van der Waals surface area contributed by atoms with Gasteiger partial charge in [-0.2, -0.15) is 0 Å². The summed E-state index contributed by atoms with van der Waals surface area (Å²) >= 11 is 0. The van der Waals surface area contributed by atoms with Gasteiger partial charge < -0.3 is 14.8 Å². The maximum Gasteiger partial charge on any atom is 0.123 e. The Morgan fingerprint density at radius 2 is 1.62 bits per heavy atom. The standard InChI is InChI=1S/C21H29NO2/c1-15(2)13-20(22-16(3)17-9-7-6-8-10-17)19-14-18(23-4)11-12-21(19)24-5/h6-12,14-16,20,22H,13H2,1-5H3. The molecule has 0 radical (unpaired) electrons. The van der Waals surface area contributed by atoms with E-state index in [9.17, 15) is 0 Å². The molecular weight excluding hydrogens is 298 g/mol. The molecule has 0 amide bonds. The first kappa shape index (κ1) is 18.3. The third-order valence-electron chi connectivity index (χ3n) is 4.27. The second-order valence-electron chi connectivity index (χ2n) is 6.59. The maximum atomic E-state index is 5.60. The Balaban J connectivity index is 2.31. The lowest BCUT2D eigenvalue weighted by molar-refractivity contribution is 0.360. The van der Waals surface area contributed by atoms with Crippen molar-refractivity contribution in [3.05, 3.63) is 59.7 Å². The second-order valence-corrected chi connectivity index (χ2v) is 6.59. The van der Waals surface area contributed by atoms with E-state index in [-0.39, 0.29) is 12.1 Å². The summed E-state index contributed by atoms with van der Waals surface area (Å²) in [5, 5.41) is 3.77. The first-order chi connectivity index (χ1) is 11.5. The summed E-state index contributed by atoms with van der Waals surface area (Å²) in [7, 11) is 3.42. The van der Waals surface area contributed by atoms with Gasteiger partial charge in [-0.25, -0.2) is 0 Å². The molecule has 0 aliphatic rings. The van der Waals surface area contributed by atoms with Crippen molar-refractivity contribution in [3.8, 4) is 11.5 Å². The maximum absolute atomic E-state index is 5.60. The van der Waals surface area contributed by atoms with Crippen LogP contribution in [-0.2, 0) is 0 Å². The highest BCUT2D eigenvalue weighted by atomic mass is 16.5. The first-order valence-electron chi connectivity index (χ1n) is 8.58. The van der Waals surface area contributed by atoms with Crippen molar-refractivity contribution in [2.75, 3.05) is 14.2 Å². The molecule has 0 saturated heterocycles. The molecule has 2 atom stereocenters. The van der Waals surface area contributed by atoms with Gasteiger partial charge in [0.15, 0.2) is 0 Å². The Morgan fingerprint density at radius 1 is 0.917 bits per heavy atom. The molecule has 130 valence electrons. The van der Waals surface area contributed by atoms with Gasteiger partial charge in [0.25, 0.3) is 0 Å². The molecule has 2 unspecified atom stereocenters. The molecule has 0 bridgehead atoms. The SMILES string of the molecule is COc1ccc(OC)c(C(CC(C)C)NC(C)c2ccccc2)c1. The largest absolute Gasteiger partial charge is 0.497 e. The van der Waals surface area contributed by atoms with Crippen LogP contribution in [0.3, 0.4) is 0 Å². The molecule has 2 rings (SSSR count). The van der Waals surface area contributed by atoms with Crippen molar-refractivity contribution in [1.82, 2.24) is 5.32 Å². The molecule has 0 aliphatic heterocycles. The molecule has 0 aromatic heterocycles. The van der Waals surface area contributed by atoms with Gasteiger partial charge in [0.1, 0.15) is 11.5 Å². The van der Waals surface area contributed by atoms with Crippen molar-refractivity contribution in [3.63, 3.8) is 0 Å². The topological polar surface area (TPSA) is 30.5 Å². The number of benzene rings is 2. The highest BCUT2D eigenvalue weighted by Crippen LogP contribution is 2.34. The summed E-state index contributed by atoms with van der Waals surface area (Å²) in [6, 6.07) is 17.0. The monoisotopic (exact) mass is 327 g/mol. The van der Waals surface area contributed by atoms with E-state index in [1.807, 2.05) is 18.2 Å². The number of nitrogens with one attached hydrogen (secondary N) is 1. The van der Waals surface area contributed by atoms with Crippen LogP contribution in [0.4, 0.5) is 0 Å². The molecule has 1 N–H and O–H groups in total. The Bertz CT molecular complexity index is 625. The van der Waals surface area contributed by atoms with Gasteiger partial charge in [-0.15, -0.1) is 0 Å². The Kier molecular flexibility index (Phi) is 6.68. The number of hydrogen-bond acceptors (Lipinski definition) is 3. The highest BCUT2D eigenvalue weighted by molar-refractivity contribution is 5.42. The Hall–Kier alpha value is -2.00. The fraction of sp³-hybridized carbons (Fsp3) is 0.429. The zero-order valence-corrected chi connectivity index (χ0v) is 15.4. The summed E-state index contributed by atoms with van der Waals surface area (Å²) in [5.74, 6) is 2.32. The van der Waals surface area contributed by atoms with Gasteiger partial charge >= 0.3 is 0 Å². The van der Waals surface area contributed by atoms with Gasteiger partial charge in [-0.3, -0.25) is 0 Å². The van der Waals surface area contributed by atoms with Crippen LogP contribution in [-0.4, -0.2) is 14.2 Å². The first-order valence-corrected chi connectivity index (χ1v) is 8.58. The van der Waals surface area contributed by atoms with Crippen molar-refractivity contribution >= 4 is 0 Å². The number of rotatable bonds is 8. The molecule has 3 nitrogen and oxygen atoms in total. The van der Waals surface area contributed by atoms with Crippen LogP contribution in [0.2, 0.25) is 0 Å². The average molecular weight is 327 g/mol. The highest BCUT2D eigenvalue weighted by Gasteiger charge is 2.21. The van der Waals surface area contributed by atoms with Crippen LogP contribution in [0.15, 0.2) is 48.5 Å². The third kappa shape index (κ3) is 4.75. The molecular formula is C21H29NO2. The van der Waals surface area contributed by atoms with E-state index < -0.39 is 0 Å². The predicted molar refractivity (Wildman–Crippen MR) is 99.7 cm³/mol. The molecule has 0 fully saturated rings. The number of ether oxygens (including phenoxy) is 2. The summed E-state index contributed by atoms with van der Waals surface area (Å²) in [6.45, 7) is 6.69. The van der Waals surface area contributed by atoms with Crippen LogP contribution in [0, 0.1) is 5.92 Å². The minimum atomic E-state index is 0.199. The van der Waals surface area contributed by atoms with Crippen LogP contribution < -0.4 is 14.8 Å². The van der Waals surface area contributed by atoms with Crippen molar-refractivity contribution in [2.45, 2.75) is 39.3 Å². The van der Waals surface area contributed by atoms with Crippen LogP contribution >= 0.6 is 0 Å². The molecule has 0 spiro atoms. The van der Waals surface area contributed by atoms with Crippen molar-refractivity contribution in [1.29, 1.82) is 0 Å². The van der Waals surface area contributed by atoms with Gasteiger partial charge in [-0.1, -0.05) is 44.2 Å². The normalized spacial score (nSPS) is 13.6.